The molecule has 0 radical (unpaired) electrons. The number of hydrogen-bond acceptors (Lipinski definition) is 4. The van der Waals surface area contributed by atoms with Crippen molar-refractivity contribution in [2.24, 2.45) is 5.92 Å². The van der Waals surface area contributed by atoms with Gasteiger partial charge >= 0.3 is 5.97 Å². The van der Waals surface area contributed by atoms with Crippen LogP contribution in [0.2, 0.25) is 0 Å². The lowest BCUT2D eigenvalue weighted by atomic mass is 9.84. The molecular formula is C17H19NO4S. The first kappa shape index (κ1) is 16.0. The van der Waals surface area contributed by atoms with E-state index in [1.807, 2.05) is 29.6 Å². The Kier molecular flexibility index (Phi) is 4.63. The molecule has 0 unspecified atom stereocenters. The first-order valence-electron chi connectivity index (χ1n) is 7.61. The van der Waals surface area contributed by atoms with Gasteiger partial charge in [-0.2, -0.15) is 0 Å². The van der Waals surface area contributed by atoms with Gasteiger partial charge in [0.1, 0.15) is 0 Å². The minimum Gasteiger partial charge on any atom is -0.481 e. The van der Waals surface area contributed by atoms with Crippen LogP contribution in [0.1, 0.15) is 24.4 Å². The van der Waals surface area contributed by atoms with Crippen LogP contribution in [0.5, 0.6) is 0 Å². The molecule has 5 nitrogen and oxygen atoms in total. The van der Waals surface area contributed by atoms with Gasteiger partial charge < -0.3 is 14.7 Å². The predicted molar refractivity (Wildman–Crippen MR) is 88.5 cm³/mol. The first-order chi connectivity index (χ1) is 11.1. The summed E-state index contributed by atoms with van der Waals surface area (Å²) in [6.07, 6.45) is 0.658. The molecule has 2 aromatic rings. The molecule has 0 bridgehead atoms. The monoisotopic (exact) mass is 333 g/mol. The number of hydrogen-bond donors (Lipinski definition) is 1. The number of carbonyl (C=O) groups excluding carboxylic acids is 1. The molecule has 1 aliphatic heterocycles. The smallest absolute Gasteiger partial charge is 0.308 e. The third kappa shape index (κ3) is 2.96. The van der Waals surface area contributed by atoms with Gasteiger partial charge in [-0.15, -0.1) is 11.3 Å². The maximum absolute atomic E-state index is 12.4. The van der Waals surface area contributed by atoms with Crippen LogP contribution in [0, 0.1) is 5.92 Å². The van der Waals surface area contributed by atoms with Crippen molar-refractivity contribution in [1.82, 2.24) is 4.90 Å². The molecule has 1 N–H and O–H groups in total. The molecule has 23 heavy (non-hydrogen) atoms. The van der Waals surface area contributed by atoms with Gasteiger partial charge in [0.05, 0.1) is 18.6 Å². The van der Waals surface area contributed by atoms with Crippen LogP contribution >= 0.6 is 11.3 Å². The summed E-state index contributed by atoms with van der Waals surface area (Å²) in [5, 5.41) is 12.7. The summed E-state index contributed by atoms with van der Waals surface area (Å²) < 4.78 is 6.21. The summed E-state index contributed by atoms with van der Waals surface area (Å²) in [6.45, 7) is 0.810. The molecule has 122 valence electrons. The van der Waals surface area contributed by atoms with E-state index < -0.39 is 17.9 Å². The Morgan fingerprint density at radius 1 is 1.43 bits per heavy atom. The fraction of sp³-hybridized carbons (Fsp3) is 0.412. The normalized spacial score (nSPS) is 21.8. The highest BCUT2D eigenvalue weighted by atomic mass is 32.1. The summed E-state index contributed by atoms with van der Waals surface area (Å²) in [7, 11) is 1.58. The molecule has 2 heterocycles. The molecule has 0 aliphatic carbocycles. The molecular weight excluding hydrogens is 314 g/mol. The Hall–Kier alpha value is -1.92. The van der Waals surface area contributed by atoms with E-state index in [2.05, 4.69) is 0 Å². The van der Waals surface area contributed by atoms with Gasteiger partial charge in [0.2, 0.25) is 5.91 Å². The highest BCUT2D eigenvalue weighted by molar-refractivity contribution is 7.17. The zero-order valence-electron chi connectivity index (χ0n) is 12.9. The summed E-state index contributed by atoms with van der Waals surface area (Å²) >= 11 is 1.59. The van der Waals surface area contributed by atoms with Crippen molar-refractivity contribution in [2.75, 3.05) is 20.3 Å². The highest BCUT2D eigenvalue weighted by Crippen LogP contribution is 2.41. The van der Waals surface area contributed by atoms with Gasteiger partial charge in [-0.1, -0.05) is 18.2 Å². The number of ether oxygens (including phenoxy) is 1. The number of methoxy groups -OCH3 is 1. The second-order valence-electron chi connectivity index (χ2n) is 5.70. The molecule has 3 rings (SSSR count). The van der Waals surface area contributed by atoms with Crippen molar-refractivity contribution in [3.8, 4) is 0 Å². The summed E-state index contributed by atoms with van der Waals surface area (Å²) in [4.78, 5) is 25.8. The molecule has 1 aliphatic rings. The van der Waals surface area contributed by atoms with Gasteiger partial charge in [-0.3, -0.25) is 9.59 Å². The summed E-state index contributed by atoms with van der Waals surface area (Å²) in [5.74, 6) is -1.43. The number of amides is 1. The number of likely N-dealkylation sites (tertiary alicyclic amines) is 1. The fourth-order valence-electron chi connectivity index (χ4n) is 3.28. The van der Waals surface area contributed by atoms with Crippen LogP contribution < -0.4 is 0 Å². The first-order valence-corrected chi connectivity index (χ1v) is 8.48. The number of fused-ring (bicyclic) bond motifs is 1. The maximum Gasteiger partial charge on any atom is 0.308 e. The Morgan fingerprint density at radius 2 is 2.22 bits per heavy atom. The minimum absolute atomic E-state index is 0.000156. The number of carbonyl (C=O) groups is 2. The number of piperidine rings is 1. The molecule has 0 saturated carbocycles. The number of benzene rings is 1. The lowest BCUT2D eigenvalue weighted by Crippen LogP contribution is -2.46. The SMILES string of the molecule is COCCN1C(=O)CC[C@H](C(=O)O)[C@@H]1c1csc2ccccc12. The lowest BCUT2D eigenvalue weighted by molar-refractivity contribution is -0.152. The quantitative estimate of drug-likeness (QED) is 0.913. The molecule has 1 amide bonds. The zero-order valence-corrected chi connectivity index (χ0v) is 13.7. The van der Waals surface area contributed by atoms with Crippen LogP contribution in [0.15, 0.2) is 29.6 Å². The summed E-state index contributed by atoms with van der Waals surface area (Å²) in [5.41, 5.74) is 0.933. The van der Waals surface area contributed by atoms with Crippen LogP contribution in [0.3, 0.4) is 0 Å². The van der Waals surface area contributed by atoms with Crippen LogP contribution in [-0.2, 0) is 14.3 Å². The number of carboxylic acid groups (broad SMARTS) is 1. The number of thiophene rings is 1. The van der Waals surface area contributed by atoms with E-state index in [1.54, 1.807) is 23.3 Å². The van der Waals surface area contributed by atoms with E-state index >= 15 is 0 Å². The van der Waals surface area contributed by atoms with E-state index in [9.17, 15) is 14.7 Å². The lowest BCUT2D eigenvalue weighted by Gasteiger charge is -2.39. The number of carboxylic acids is 1. The second-order valence-corrected chi connectivity index (χ2v) is 6.61. The van der Waals surface area contributed by atoms with Crippen molar-refractivity contribution >= 4 is 33.3 Å². The predicted octanol–water partition coefficient (Wildman–Crippen LogP) is 2.91. The maximum atomic E-state index is 12.4. The van der Waals surface area contributed by atoms with Crippen LogP contribution in [0.25, 0.3) is 10.1 Å². The zero-order chi connectivity index (χ0) is 16.4. The van der Waals surface area contributed by atoms with Crippen molar-refractivity contribution < 1.29 is 19.4 Å². The van der Waals surface area contributed by atoms with E-state index in [0.29, 0.717) is 19.6 Å². The van der Waals surface area contributed by atoms with Gasteiger partial charge in [-0.25, -0.2) is 0 Å². The molecule has 1 fully saturated rings. The minimum atomic E-state index is -0.847. The van der Waals surface area contributed by atoms with Gasteiger partial charge in [0.25, 0.3) is 0 Å². The van der Waals surface area contributed by atoms with Crippen molar-refractivity contribution in [3.05, 3.63) is 35.2 Å². The highest BCUT2D eigenvalue weighted by Gasteiger charge is 2.41. The Balaban J connectivity index is 2.07. The Morgan fingerprint density at radius 3 is 2.96 bits per heavy atom. The van der Waals surface area contributed by atoms with E-state index in [4.69, 9.17) is 4.74 Å². The number of rotatable bonds is 5. The number of aliphatic carboxylic acids is 1. The third-order valence-electron chi connectivity index (χ3n) is 4.39. The fourth-order valence-corrected chi connectivity index (χ4v) is 4.27. The van der Waals surface area contributed by atoms with E-state index in [0.717, 1.165) is 15.6 Å². The largest absolute Gasteiger partial charge is 0.481 e. The Bertz CT molecular complexity index is 726. The standard InChI is InChI=1S/C17H19NO4S/c1-22-9-8-18-15(19)7-6-12(17(20)21)16(18)13-10-23-14-5-3-2-4-11(13)14/h2-5,10,12,16H,6-9H2,1H3,(H,20,21)/t12-,16+/m0/s1. The van der Waals surface area contributed by atoms with E-state index in [-0.39, 0.29) is 12.3 Å². The average Bonchev–Trinajstić information content (AvgIpc) is 2.97. The molecule has 2 atom stereocenters. The van der Waals surface area contributed by atoms with Crippen molar-refractivity contribution in [3.63, 3.8) is 0 Å². The third-order valence-corrected chi connectivity index (χ3v) is 5.37. The topological polar surface area (TPSA) is 66.8 Å². The second kappa shape index (κ2) is 6.68. The van der Waals surface area contributed by atoms with E-state index in [1.165, 1.54) is 0 Å². The van der Waals surface area contributed by atoms with Crippen molar-refractivity contribution in [2.45, 2.75) is 18.9 Å². The van der Waals surface area contributed by atoms with Crippen LogP contribution in [-0.4, -0.2) is 42.1 Å². The molecule has 1 saturated heterocycles. The average molecular weight is 333 g/mol. The molecule has 0 spiro atoms. The van der Waals surface area contributed by atoms with Crippen LogP contribution in [0.4, 0.5) is 0 Å². The molecule has 6 heteroatoms. The van der Waals surface area contributed by atoms with Gasteiger partial charge in [0, 0.05) is 24.8 Å². The molecule has 1 aromatic heterocycles. The van der Waals surface area contributed by atoms with Gasteiger partial charge in [-0.05, 0) is 28.8 Å². The molecule has 1 aromatic carbocycles. The van der Waals surface area contributed by atoms with Crippen molar-refractivity contribution in [1.29, 1.82) is 0 Å². The summed E-state index contributed by atoms with van der Waals surface area (Å²) in [6, 6.07) is 7.49. The Labute approximate surface area is 138 Å². The van der Waals surface area contributed by atoms with Gasteiger partial charge in [0.15, 0.2) is 0 Å². The number of nitrogens with zero attached hydrogens (tertiary/aromatic N) is 1.